The molecule has 1 aromatic rings. The van der Waals surface area contributed by atoms with Crippen molar-refractivity contribution in [2.45, 2.75) is 43.6 Å². The Bertz CT molecular complexity index is 447. The predicted octanol–water partition coefficient (Wildman–Crippen LogP) is 2.97. The fourth-order valence-electron chi connectivity index (χ4n) is 2.35. The average Bonchev–Trinajstić information content (AvgIpc) is 2.83. The Morgan fingerprint density at radius 3 is 2.35 bits per heavy atom. The van der Waals surface area contributed by atoms with Crippen LogP contribution in [0.15, 0.2) is 35.2 Å². The van der Waals surface area contributed by atoms with Crippen molar-refractivity contribution in [3.05, 3.63) is 30.3 Å². The van der Waals surface area contributed by atoms with E-state index in [1.165, 1.54) is 12.8 Å². The van der Waals surface area contributed by atoms with Crippen LogP contribution in [-0.2, 0) is 14.3 Å². The summed E-state index contributed by atoms with van der Waals surface area (Å²) in [7, 11) is -3.60. The molecule has 0 bridgehead atoms. The third-order valence-corrected chi connectivity index (χ3v) is 4.78. The highest BCUT2D eigenvalue weighted by molar-refractivity contribution is 7.86. The largest absolute Gasteiger partial charge is 0.297 e. The fraction of sp³-hybridized carbons (Fsp3) is 0.538. The minimum atomic E-state index is -3.60. The summed E-state index contributed by atoms with van der Waals surface area (Å²) in [5, 5.41) is 0. The van der Waals surface area contributed by atoms with E-state index in [0.717, 1.165) is 12.8 Å². The van der Waals surface area contributed by atoms with Gasteiger partial charge in [-0.2, -0.15) is 8.42 Å². The molecule has 0 amide bonds. The second-order valence-corrected chi connectivity index (χ2v) is 6.19. The smallest absolute Gasteiger partial charge is 0.263 e. The third kappa shape index (κ3) is 3.07. The van der Waals surface area contributed by atoms with E-state index in [0.29, 0.717) is 5.92 Å². The molecule has 17 heavy (non-hydrogen) atoms. The SMILES string of the molecule is CC(OS(=O)(=O)c1ccccc1)C1CCCC1. The molecule has 3 nitrogen and oxygen atoms in total. The van der Waals surface area contributed by atoms with Crippen LogP contribution in [0.25, 0.3) is 0 Å². The zero-order chi connectivity index (χ0) is 12.3. The summed E-state index contributed by atoms with van der Waals surface area (Å²) in [6, 6.07) is 8.33. The molecule has 94 valence electrons. The van der Waals surface area contributed by atoms with E-state index in [4.69, 9.17) is 4.18 Å². The van der Waals surface area contributed by atoms with Gasteiger partial charge in [0.15, 0.2) is 0 Å². The van der Waals surface area contributed by atoms with E-state index < -0.39 is 10.1 Å². The lowest BCUT2D eigenvalue weighted by Gasteiger charge is -2.18. The second-order valence-electron chi connectivity index (χ2n) is 4.61. The van der Waals surface area contributed by atoms with Crippen LogP contribution in [0.4, 0.5) is 0 Å². The fourth-order valence-corrected chi connectivity index (χ4v) is 3.51. The van der Waals surface area contributed by atoms with Crippen LogP contribution in [0.1, 0.15) is 32.6 Å². The van der Waals surface area contributed by atoms with Crippen LogP contribution in [0.2, 0.25) is 0 Å². The molecule has 1 fully saturated rings. The van der Waals surface area contributed by atoms with E-state index in [9.17, 15) is 8.42 Å². The summed E-state index contributed by atoms with van der Waals surface area (Å²) in [6.07, 6.45) is 4.30. The van der Waals surface area contributed by atoms with E-state index in [2.05, 4.69) is 0 Å². The lowest BCUT2D eigenvalue weighted by atomic mass is 10.0. The first-order chi connectivity index (χ1) is 8.09. The Morgan fingerprint density at radius 2 is 1.76 bits per heavy atom. The van der Waals surface area contributed by atoms with Gasteiger partial charge in [0.25, 0.3) is 10.1 Å². The summed E-state index contributed by atoms with van der Waals surface area (Å²) in [5.41, 5.74) is 0. The molecule has 1 aliphatic carbocycles. The molecule has 0 saturated heterocycles. The summed E-state index contributed by atoms with van der Waals surface area (Å²) in [6.45, 7) is 1.86. The van der Waals surface area contributed by atoms with Crippen molar-refractivity contribution < 1.29 is 12.6 Å². The van der Waals surface area contributed by atoms with Gasteiger partial charge in [-0.3, -0.25) is 4.18 Å². The molecule has 1 saturated carbocycles. The predicted molar refractivity (Wildman–Crippen MR) is 66.1 cm³/mol. The van der Waals surface area contributed by atoms with Gasteiger partial charge in [0.05, 0.1) is 11.0 Å². The van der Waals surface area contributed by atoms with Crippen molar-refractivity contribution in [1.29, 1.82) is 0 Å². The molecule has 0 N–H and O–H groups in total. The lowest BCUT2D eigenvalue weighted by molar-refractivity contribution is 0.161. The van der Waals surface area contributed by atoms with E-state index in [-0.39, 0.29) is 11.0 Å². The quantitative estimate of drug-likeness (QED) is 0.776. The minimum absolute atomic E-state index is 0.220. The monoisotopic (exact) mass is 254 g/mol. The maximum Gasteiger partial charge on any atom is 0.297 e. The molecule has 2 rings (SSSR count). The zero-order valence-electron chi connectivity index (χ0n) is 10.0. The van der Waals surface area contributed by atoms with E-state index in [1.54, 1.807) is 30.3 Å². The molecule has 0 radical (unpaired) electrons. The van der Waals surface area contributed by atoms with Crippen molar-refractivity contribution in [3.8, 4) is 0 Å². The Kier molecular flexibility index (Phi) is 3.84. The van der Waals surface area contributed by atoms with Crippen LogP contribution in [0.5, 0.6) is 0 Å². The number of hydrogen-bond donors (Lipinski definition) is 0. The number of rotatable bonds is 4. The Labute approximate surface area is 103 Å². The first kappa shape index (κ1) is 12.6. The minimum Gasteiger partial charge on any atom is -0.263 e. The van der Waals surface area contributed by atoms with Gasteiger partial charge in [0.1, 0.15) is 0 Å². The summed E-state index contributed by atoms with van der Waals surface area (Å²) in [4.78, 5) is 0.241. The molecule has 0 aromatic heterocycles. The molecule has 4 heteroatoms. The Hall–Kier alpha value is -0.870. The topological polar surface area (TPSA) is 43.4 Å². The Balaban J connectivity index is 2.07. The van der Waals surface area contributed by atoms with Gasteiger partial charge in [-0.1, -0.05) is 31.0 Å². The molecule has 1 unspecified atom stereocenters. The molecular weight excluding hydrogens is 236 g/mol. The van der Waals surface area contributed by atoms with Gasteiger partial charge in [-0.15, -0.1) is 0 Å². The van der Waals surface area contributed by atoms with Gasteiger partial charge >= 0.3 is 0 Å². The third-order valence-electron chi connectivity index (χ3n) is 3.37. The number of hydrogen-bond acceptors (Lipinski definition) is 3. The molecule has 1 aliphatic rings. The summed E-state index contributed by atoms with van der Waals surface area (Å²) >= 11 is 0. The van der Waals surface area contributed by atoms with Crippen LogP contribution >= 0.6 is 0 Å². The highest BCUT2D eigenvalue weighted by Crippen LogP contribution is 2.30. The molecule has 0 aliphatic heterocycles. The first-order valence-electron chi connectivity index (χ1n) is 6.08. The van der Waals surface area contributed by atoms with Crippen molar-refractivity contribution in [2.24, 2.45) is 5.92 Å². The van der Waals surface area contributed by atoms with Crippen LogP contribution in [-0.4, -0.2) is 14.5 Å². The van der Waals surface area contributed by atoms with Crippen molar-refractivity contribution >= 4 is 10.1 Å². The van der Waals surface area contributed by atoms with Crippen LogP contribution in [0, 0.1) is 5.92 Å². The molecule has 1 atom stereocenters. The number of benzene rings is 1. The van der Waals surface area contributed by atoms with Gasteiger partial charge in [-0.25, -0.2) is 0 Å². The Morgan fingerprint density at radius 1 is 1.18 bits per heavy atom. The average molecular weight is 254 g/mol. The maximum atomic E-state index is 12.0. The highest BCUT2D eigenvalue weighted by atomic mass is 32.2. The van der Waals surface area contributed by atoms with Crippen molar-refractivity contribution in [2.75, 3.05) is 0 Å². The summed E-state index contributed by atoms with van der Waals surface area (Å²) in [5.74, 6) is 0.383. The molecular formula is C13H18O3S. The highest BCUT2D eigenvalue weighted by Gasteiger charge is 2.27. The zero-order valence-corrected chi connectivity index (χ0v) is 10.8. The van der Waals surface area contributed by atoms with Gasteiger partial charge in [0, 0.05) is 0 Å². The molecule has 0 spiro atoms. The molecule has 0 heterocycles. The van der Waals surface area contributed by atoms with Crippen molar-refractivity contribution in [1.82, 2.24) is 0 Å². The lowest BCUT2D eigenvalue weighted by Crippen LogP contribution is -2.22. The van der Waals surface area contributed by atoms with Crippen molar-refractivity contribution in [3.63, 3.8) is 0 Å². The van der Waals surface area contributed by atoms with Gasteiger partial charge in [0.2, 0.25) is 0 Å². The van der Waals surface area contributed by atoms with Gasteiger partial charge < -0.3 is 0 Å². The molecule has 1 aromatic carbocycles. The normalized spacial score (nSPS) is 19.4. The van der Waals surface area contributed by atoms with E-state index in [1.807, 2.05) is 6.92 Å². The standard InChI is InChI=1S/C13H18O3S/c1-11(12-7-5-6-8-12)16-17(14,15)13-9-3-2-4-10-13/h2-4,9-12H,5-8H2,1H3. The first-order valence-corrected chi connectivity index (χ1v) is 7.49. The van der Waals surface area contributed by atoms with Crippen LogP contribution in [0.3, 0.4) is 0 Å². The van der Waals surface area contributed by atoms with Crippen LogP contribution < -0.4 is 0 Å². The van der Waals surface area contributed by atoms with E-state index >= 15 is 0 Å². The van der Waals surface area contributed by atoms with Gasteiger partial charge in [-0.05, 0) is 37.8 Å². The summed E-state index contributed by atoms with van der Waals surface area (Å²) < 4.78 is 29.2. The second kappa shape index (κ2) is 5.19. The maximum absolute atomic E-state index is 12.0.